The highest BCUT2D eigenvalue weighted by Gasteiger charge is 2.59. The number of amides is 2. The van der Waals surface area contributed by atoms with Crippen LogP contribution in [0.25, 0.3) is 0 Å². The van der Waals surface area contributed by atoms with E-state index in [9.17, 15) is 14.7 Å². The van der Waals surface area contributed by atoms with Gasteiger partial charge in [0, 0.05) is 24.5 Å². The van der Waals surface area contributed by atoms with E-state index in [2.05, 4.69) is 4.98 Å². The lowest BCUT2D eigenvalue weighted by Crippen LogP contribution is -2.65. The van der Waals surface area contributed by atoms with Gasteiger partial charge in [-0.15, -0.1) is 0 Å². The Morgan fingerprint density at radius 2 is 2.00 bits per heavy atom. The minimum Gasteiger partial charge on any atom is -0.465 e. The van der Waals surface area contributed by atoms with Crippen LogP contribution in [0.3, 0.4) is 0 Å². The zero-order chi connectivity index (χ0) is 17.9. The summed E-state index contributed by atoms with van der Waals surface area (Å²) in [6, 6.07) is 7.71. The lowest BCUT2D eigenvalue weighted by atomic mass is 9.75. The van der Waals surface area contributed by atoms with Crippen molar-refractivity contribution in [3.8, 4) is 0 Å². The lowest BCUT2D eigenvalue weighted by molar-refractivity contribution is -0.128. The summed E-state index contributed by atoms with van der Waals surface area (Å²) >= 11 is 0. The van der Waals surface area contributed by atoms with Crippen LogP contribution in [0.5, 0.6) is 0 Å². The molecule has 2 amide bonds. The Balaban J connectivity index is 1.47. The van der Waals surface area contributed by atoms with Crippen LogP contribution in [0.1, 0.15) is 35.6 Å². The van der Waals surface area contributed by atoms with E-state index < -0.39 is 11.5 Å². The molecule has 5 rings (SSSR count). The Morgan fingerprint density at radius 3 is 2.77 bits per heavy atom. The summed E-state index contributed by atoms with van der Waals surface area (Å²) in [6.07, 6.45) is 3.38. The van der Waals surface area contributed by atoms with Crippen molar-refractivity contribution in [2.24, 2.45) is 0 Å². The number of H-pyrrole nitrogens is 1. The normalized spacial score (nSPS) is 20.1. The van der Waals surface area contributed by atoms with E-state index in [4.69, 9.17) is 4.98 Å². The van der Waals surface area contributed by atoms with Crippen LogP contribution >= 0.6 is 0 Å². The van der Waals surface area contributed by atoms with Gasteiger partial charge in [0.2, 0.25) is 5.91 Å². The molecule has 1 aromatic carbocycles. The summed E-state index contributed by atoms with van der Waals surface area (Å²) in [7, 11) is 0. The molecule has 26 heavy (non-hydrogen) atoms. The molecule has 0 unspecified atom stereocenters. The molecule has 3 aliphatic rings. The van der Waals surface area contributed by atoms with Crippen LogP contribution in [0, 0.1) is 0 Å². The summed E-state index contributed by atoms with van der Waals surface area (Å²) in [5.74, 6) is 0.789. The van der Waals surface area contributed by atoms with Crippen LogP contribution in [0.4, 0.5) is 10.5 Å². The van der Waals surface area contributed by atoms with Crippen LogP contribution in [-0.2, 0) is 29.6 Å². The van der Waals surface area contributed by atoms with Crippen LogP contribution in [-0.4, -0.2) is 45.1 Å². The first-order chi connectivity index (χ1) is 12.6. The molecule has 0 bridgehead atoms. The van der Waals surface area contributed by atoms with Gasteiger partial charge >= 0.3 is 6.09 Å². The van der Waals surface area contributed by atoms with Gasteiger partial charge in [-0.2, -0.15) is 0 Å². The monoisotopic (exact) mass is 352 g/mol. The first-order valence-corrected chi connectivity index (χ1v) is 9.04. The Kier molecular flexibility index (Phi) is 3.16. The number of carbonyl (C=O) groups is 2. The Labute approximate surface area is 150 Å². The van der Waals surface area contributed by atoms with Crippen molar-refractivity contribution >= 4 is 17.7 Å². The third kappa shape index (κ3) is 2.03. The molecule has 0 radical (unpaired) electrons. The van der Waals surface area contributed by atoms with E-state index in [1.165, 1.54) is 17.0 Å². The third-order valence-corrected chi connectivity index (χ3v) is 5.87. The van der Waals surface area contributed by atoms with Crippen LogP contribution < -0.4 is 4.90 Å². The number of carbonyl (C=O) groups excluding carboxylic acids is 1. The Morgan fingerprint density at radius 1 is 1.23 bits per heavy atom. The summed E-state index contributed by atoms with van der Waals surface area (Å²) in [5.41, 5.74) is 3.39. The molecular formula is C19H20N4O3. The maximum atomic E-state index is 13.2. The van der Waals surface area contributed by atoms with E-state index >= 15 is 0 Å². The fraction of sp³-hybridized carbons (Fsp3) is 0.421. The topological polar surface area (TPSA) is 89.5 Å². The Bertz CT molecular complexity index is 890. The van der Waals surface area contributed by atoms with Gasteiger partial charge in [0.1, 0.15) is 11.2 Å². The summed E-state index contributed by atoms with van der Waals surface area (Å²) < 4.78 is 0. The molecule has 1 spiro atoms. The van der Waals surface area contributed by atoms with E-state index in [-0.39, 0.29) is 19.0 Å². The van der Waals surface area contributed by atoms with E-state index in [1.807, 2.05) is 24.3 Å². The molecule has 134 valence electrons. The number of benzene rings is 1. The number of anilines is 1. The fourth-order valence-corrected chi connectivity index (χ4v) is 4.54. The number of imidazole rings is 1. The van der Waals surface area contributed by atoms with Crippen LogP contribution in [0.15, 0.2) is 24.3 Å². The number of para-hydroxylation sites is 1. The van der Waals surface area contributed by atoms with E-state index in [1.54, 1.807) is 4.90 Å². The van der Waals surface area contributed by atoms with Gasteiger partial charge in [0.25, 0.3) is 0 Å². The quantitative estimate of drug-likeness (QED) is 0.866. The molecule has 2 N–H and O–H groups in total. The predicted molar refractivity (Wildman–Crippen MR) is 94.1 cm³/mol. The SMILES string of the molecule is O=C(O)N1CC2(C1)C(=O)N(Cc1nc3c([nH]1)CCCC3)c1ccccc12. The molecule has 0 atom stereocenters. The molecule has 3 heterocycles. The molecule has 1 aromatic heterocycles. The highest BCUT2D eigenvalue weighted by molar-refractivity contribution is 6.09. The average Bonchev–Trinajstić information content (AvgIpc) is 3.11. The fourth-order valence-electron chi connectivity index (χ4n) is 4.54. The maximum absolute atomic E-state index is 13.2. The van der Waals surface area contributed by atoms with Crippen molar-refractivity contribution in [1.29, 1.82) is 0 Å². The number of nitrogens with one attached hydrogen (secondary N) is 1. The van der Waals surface area contributed by atoms with Crippen molar-refractivity contribution in [2.45, 2.75) is 37.6 Å². The van der Waals surface area contributed by atoms with Crippen molar-refractivity contribution in [1.82, 2.24) is 14.9 Å². The minimum atomic E-state index is -0.974. The number of aromatic amines is 1. The van der Waals surface area contributed by atoms with Gasteiger partial charge in [-0.25, -0.2) is 9.78 Å². The molecule has 2 aliphatic heterocycles. The molecule has 1 aliphatic carbocycles. The predicted octanol–water partition coefficient (Wildman–Crippen LogP) is 2.07. The van der Waals surface area contributed by atoms with Gasteiger partial charge in [-0.1, -0.05) is 18.2 Å². The number of fused-ring (bicyclic) bond motifs is 3. The van der Waals surface area contributed by atoms with Gasteiger partial charge in [-0.05, 0) is 37.3 Å². The second-order valence-corrected chi connectivity index (χ2v) is 7.45. The van der Waals surface area contributed by atoms with Gasteiger partial charge in [0.05, 0.1) is 12.2 Å². The van der Waals surface area contributed by atoms with Crippen molar-refractivity contribution in [3.63, 3.8) is 0 Å². The second-order valence-electron chi connectivity index (χ2n) is 7.45. The van der Waals surface area contributed by atoms with Gasteiger partial charge in [0.15, 0.2) is 0 Å². The largest absolute Gasteiger partial charge is 0.465 e. The number of likely N-dealkylation sites (tertiary alicyclic amines) is 1. The number of rotatable bonds is 2. The van der Waals surface area contributed by atoms with Gasteiger partial charge in [-0.3, -0.25) is 4.79 Å². The van der Waals surface area contributed by atoms with E-state index in [0.717, 1.165) is 42.0 Å². The number of carboxylic acid groups (broad SMARTS) is 1. The first kappa shape index (κ1) is 15.4. The molecule has 0 saturated carbocycles. The molecule has 1 saturated heterocycles. The molecular weight excluding hydrogens is 332 g/mol. The van der Waals surface area contributed by atoms with Crippen molar-refractivity contribution in [2.75, 3.05) is 18.0 Å². The number of aryl methyl sites for hydroxylation is 2. The standard InChI is InChI=1S/C19H20N4O3/c24-17-19(10-22(11-19)18(25)26)12-5-1-4-8-15(12)23(17)9-16-20-13-6-2-3-7-14(13)21-16/h1,4-5,8H,2-3,6-7,9-11H2,(H,20,21)(H,25,26). The first-order valence-electron chi connectivity index (χ1n) is 9.04. The Hall–Kier alpha value is -2.83. The highest BCUT2D eigenvalue weighted by atomic mass is 16.4. The van der Waals surface area contributed by atoms with Crippen molar-refractivity contribution in [3.05, 3.63) is 47.0 Å². The smallest absolute Gasteiger partial charge is 0.407 e. The lowest BCUT2D eigenvalue weighted by Gasteiger charge is -2.45. The number of nitrogens with zero attached hydrogens (tertiary/aromatic N) is 3. The minimum absolute atomic E-state index is 0.0226. The molecule has 1 fully saturated rings. The molecule has 7 heteroatoms. The summed E-state index contributed by atoms with van der Waals surface area (Å²) in [4.78, 5) is 35.6. The van der Waals surface area contributed by atoms with Crippen LogP contribution in [0.2, 0.25) is 0 Å². The highest BCUT2D eigenvalue weighted by Crippen LogP contribution is 2.47. The number of aromatic nitrogens is 2. The number of hydrogen-bond donors (Lipinski definition) is 2. The average molecular weight is 352 g/mol. The van der Waals surface area contributed by atoms with Crippen molar-refractivity contribution < 1.29 is 14.7 Å². The molecule has 2 aromatic rings. The second kappa shape index (κ2) is 5.33. The summed E-state index contributed by atoms with van der Waals surface area (Å²) in [5, 5.41) is 9.19. The zero-order valence-electron chi connectivity index (χ0n) is 14.4. The molecule has 7 nitrogen and oxygen atoms in total. The number of hydrogen-bond acceptors (Lipinski definition) is 3. The third-order valence-electron chi connectivity index (χ3n) is 5.87. The maximum Gasteiger partial charge on any atom is 0.407 e. The van der Waals surface area contributed by atoms with E-state index in [0.29, 0.717) is 6.54 Å². The zero-order valence-corrected chi connectivity index (χ0v) is 14.4. The van der Waals surface area contributed by atoms with Gasteiger partial charge < -0.3 is 19.9 Å². The summed E-state index contributed by atoms with van der Waals surface area (Å²) in [6.45, 7) is 0.852.